The van der Waals surface area contributed by atoms with E-state index in [0.717, 1.165) is 5.56 Å². The SMILES string of the molecule is NCC(=O)NCC(=O)NCCc1ccc(O)cc1. The number of nitrogens with one attached hydrogen (secondary N) is 2. The molecular weight excluding hydrogens is 234 g/mol. The molecule has 98 valence electrons. The molecule has 6 nitrogen and oxygen atoms in total. The quantitative estimate of drug-likeness (QED) is 0.527. The lowest BCUT2D eigenvalue weighted by Crippen LogP contribution is -2.40. The fourth-order valence-electron chi connectivity index (χ4n) is 1.32. The van der Waals surface area contributed by atoms with Crippen LogP contribution in [0.1, 0.15) is 5.56 Å². The van der Waals surface area contributed by atoms with Crippen LogP contribution in [0.2, 0.25) is 0 Å². The van der Waals surface area contributed by atoms with Crippen molar-refractivity contribution >= 4 is 11.8 Å². The number of carbonyl (C=O) groups excluding carboxylic acids is 2. The zero-order valence-corrected chi connectivity index (χ0v) is 9.98. The van der Waals surface area contributed by atoms with Gasteiger partial charge in [0.25, 0.3) is 0 Å². The van der Waals surface area contributed by atoms with Crippen molar-refractivity contribution in [1.29, 1.82) is 0 Å². The lowest BCUT2D eigenvalue weighted by molar-refractivity contribution is -0.125. The Morgan fingerprint density at radius 1 is 1.11 bits per heavy atom. The van der Waals surface area contributed by atoms with Gasteiger partial charge in [0.1, 0.15) is 5.75 Å². The molecule has 0 saturated heterocycles. The maximum atomic E-state index is 11.3. The molecule has 0 spiro atoms. The highest BCUT2D eigenvalue weighted by Crippen LogP contribution is 2.09. The molecule has 0 heterocycles. The average Bonchev–Trinajstić information content (AvgIpc) is 2.38. The average molecular weight is 251 g/mol. The molecule has 6 heteroatoms. The first-order valence-electron chi connectivity index (χ1n) is 5.63. The first-order valence-corrected chi connectivity index (χ1v) is 5.63. The Bertz CT molecular complexity index is 404. The maximum absolute atomic E-state index is 11.3. The van der Waals surface area contributed by atoms with Gasteiger partial charge in [0.05, 0.1) is 13.1 Å². The largest absolute Gasteiger partial charge is 0.508 e. The predicted octanol–water partition coefficient (Wildman–Crippen LogP) is -0.874. The lowest BCUT2D eigenvalue weighted by atomic mass is 10.1. The van der Waals surface area contributed by atoms with E-state index in [1.165, 1.54) is 0 Å². The van der Waals surface area contributed by atoms with Crippen LogP contribution in [0.15, 0.2) is 24.3 Å². The normalized spacial score (nSPS) is 9.83. The van der Waals surface area contributed by atoms with E-state index in [4.69, 9.17) is 10.8 Å². The zero-order valence-electron chi connectivity index (χ0n) is 9.98. The van der Waals surface area contributed by atoms with Gasteiger partial charge in [-0.3, -0.25) is 9.59 Å². The Morgan fingerprint density at radius 3 is 2.39 bits per heavy atom. The Balaban J connectivity index is 2.19. The summed E-state index contributed by atoms with van der Waals surface area (Å²) >= 11 is 0. The number of phenolic OH excluding ortho intramolecular Hbond substituents is 1. The molecule has 0 aromatic heterocycles. The topological polar surface area (TPSA) is 104 Å². The van der Waals surface area contributed by atoms with Gasteiger partial charge in [-0.2, -0.15) is 0 Å². The Hall–Kier alpha value is -2.08. The molecule has 0 saturated carbocycles. The second-order valence-electron chi connectivity index (χ2n) is 3.75. The third-order valence-corrected chi connectivity index (χ3v) is 2.30. The molecule has 1 aromatic rings. The van der Waals surface area contributed by atoms with Crippen molar-refractivity contribution in [3.8, 4) is 5.75 Å². The van der Waals surface area contributed by atoms with E-state index in [2.05, 4.69) is 10.6 Å². The summed E-state index contributed by atoms with van der Waals surface area (Å²) in [5.74, 6) is -0.397. The van der Waals surface area contributed by atoms with Gasteiger partial charge >= 0.3 is 0 Å². The number of phenols is 1. The third-order valence-electron chi connectivity index (χ3n) is 2.30. The number of hydrogen-bond acceptors (Lipinski definition) is 4. The molecule has 0 unspecified atom stereocenters. The number of amides is 2. The van der Waals surface area contributed by atoms with Gasteiger partial charge < -0.3 is 21.5 Å². The minimum absolute atomic E-state index is 0.0639. The Labute approximate surface area is 105 Å². The van der Waals surface area contributed by atoms with Crippen molar-refractivity contribution in [3.05, 3.63) is 29.8 Å². The molecule has 0 fully saturated rings. The Morgan fingerprint density at radius 2 is 1.78 bits per heavy atom. The van der Waals surface area contributed by atoms with Gasteiger partial charge in [0.15, 0.2) is 0 Å². The number of carbonyl (C=O) groups is 2. The second kappa shape index (κ2) is 7.29. The van der Waals surface area contributed by atoms with Crippen molar-refractivity contribution in [2.45, 2.75) is 6.42 Å². The summed E-state index contributed by atoms with van der Waals surface area (Å²) in [5.41, 5.74) is 6.10. The van der Waals surface area contributed by atoms with E-state index >= 15 is 0 Å². The summed E-state index contributed by atoms with van der Waals surface area (Å²) in [7, 11) is 0. The first kappa shape index (κ1) is 14.0. The fraction of sp³-hybridized carbons (Fsp3) is 0.333. The highest BCUT2D eigenvalue weighted by molar-refractivity contribution is 5.85. The van der Waals surface area contributed by atoms with Crippen LogP contribution in [-0.4, -0.2) is 36.6 Å². The van der Waals surface area contributed by atoms with E-state index in [1.807, 2.05) is 0 Å². The summed E-state index contributed by atoms with van der Waals surface area (Å²) in [5, 5.41) is 14.1. The van der Waals surface area contributed by atoms with Gasteiger partial charge in [-0.05, 0) is 24.1 Å². The maximum Gasteiger partial charge on any atom is 0.239 e. The molecule has 0 aliphatic rings. The van der Waals surface area contributed by atoms with Crippen LogP contribution in [0.5, 0.6) is 5.75 Å². The third kappa shape index (κ3) is 5.31. The number of benzene rings is 1. The molecule has 0 atom stereocenters. The predicted molar refractivity (Wildman–Crippen MR) is 66.9 cm³/mol. The smallest absolute Gasteiger partial charge is 0.239 e. The Kier molecular flexibility index (Phi) is 5.66. The molecule has 2 amide bonds. The molecule has 0 aliphatic carbocycles. The van der Waals surface area contributed by atoms with Crippen molar-refractivity contribution < 1.29 is 14.7 Å². The molecule has 1 aromatic carbocycles. The van der Waals surface area contributed by atoms with Crippen molar-refractivity contribution in [2.75, 3.05) is 19.6 Å². The monoisotopic (exact) mass is 251 g/mol. The molecule has 5 N–H and O–H groups in total. The molecule has 1 rings (SSSR count). The van der Waals surface area contributed by atoms with E-state index in [-0.39, 0.29) is 30.7 Å². The van der Waals surface area contributed by atoms with Gasteiger partial charge in [0, 0.05) is 6.54 Å². The number of nitrogens with two attached hydrogens (primary N) is 1. The number of hydrogen-bond donors (Lipinski definition) is 4. The van der Waals surface area contributed by atoms with Crippen LogP contribution >= 0.6 is 0 Å². The number of rotatable bonds is 6. The van der Waals surface area contributed by atoms with Gasteiger partial charge in [0.2, 0.25) is 11.8 Å². The zero-order chi connectivity index (χ0) is 13.4. The fourth-order valence-corrected chi connectivity index (χ4v) is 1.32. The van der Waals surface area contributed by atoms with Crippen LogP contribution in [-0.2, 0) is 16.0 Å². The minimum Gasteiger partial charge on any atom is -0.508 e. The van der Waals surface area contributed by atoms with Crippen LogP contribution in [0.25, 0.3) is 0 Å². The van der Waals surface area contributed by atoms with E-state index in [0.29, 0.717) is 13.0 Å². The first-order chi connectivity index (χ1) is 8.61. The van der Waals surface area contributed by atoms with Crippen molar-refractivity contribution in [1.82, 2.24) is 10.6 Å². The van der Waals surface area contributed by atoms with E-state index in [9.17, 15) is 9.59 Å². The summed E-state index contributed by atoms with van der Waals surface area (Å²) in [6.45, 7) is 0.286. The molecule has 0 radical (unpaired) electrons. The van der Waals surface area contributed by atoms with E-state index < -0.39 is 0 Å². The van der Waals surface area contributed by atoms with Crippen LogP contribution in [0.4, 0.5) is 0 Å². The highest BCUT2D eigenvalue weighted by atomic mass is 16.3. The second-order valence-corrected chi connectivity index (χ2v) is 3.75. The molecular formula is C12H17N3O3. The van der Waals surface area contributed by atoms with Gasteiger partial charge in [-0.15, -0.1) is 0 Å². The summed E-state index contributed by atoms with van der Waals surface area (Å²) in [6.07, 6.45) is 0.664. The number of aromatic hydroxyl groups is 1. The molecule has 18 heavy (non-hydrogen) atoms. The molecule has 0 aliphatic heterocycles. The standard InChI is InChI=1S/C12H17N3O3/c13-7-11(17)15-8-12(18)14-6-5-9-1-3-10(16)4-2-9/h1-4,16H,5-8,13H2,(H,14,18)(H,15,17). The van der Waals surface area contributed by atoms with E-state index in [1.54, 1.807) is 24.3 Å². The van der Waals surface area contributed by atoms with Crippen molar-refractivity contribution in [3.63, 3.8) is 0 Å². The van der Waals surface area contributed by atoms with Crippen LogP contribution in [0.3, 0.4) is 0 Å². The van der Waals surface area contributed by atoms with Crippen molar-refractivity contribution in [2.24, 2.45) is 5.73 Å². The van der Waals surface area contributed by atoms with Gasteiger partial charge in [-0.25, -0.2) is 0 Å². The van der Waals surface area contributed by atoms with Gasteiger partial charge in [-0.1, -0.05) is 12.1 Å². The van der Waals surface area contributed by atoms with Crippen LogP contribution < -0.4 is 16.4 Å². The molecule has 0 bridgehead atoms. The lowest BCUT2D eigenvalue weighted by Gasteiger charge is -2.06. The summed E-state index contributed by atoms with van der Waals surface area (Å²) in [4.78, 5) is 22.1. The highest BCUT2D eigenvalue weighted by Gasteiger charge is 2.03. The summed E-state index contributed by atoms with van der Waals surface area (Å²) in [6, 6.07) is 6.77. The minimum atomic E-state index is -0.358. The van der Waals surface area contributed by atoms with Crippen LogP contribution in [0, 0.1) is 0 Å². The summed E-state index contributed by atoms with van der Waals surface area (Å²) < 4.78 is 0.